The fourth-order valence-corrected chi connectivity index (χ4v) is 3.18. The monoisotopic (exact) mass is 387 g/mol. The molecule has 0 amide bonds. The number of likely N-dealkylation sites (N-methyl/N-ethyl adjacent to an activating group) is 1. The summed E-state index contributed by atoms with van der Waals surface area (Å²) < 4.78 is 0. The Bertz CT molecular complexity index is 787. The number of benzene rings is 1. The fraction of sp³-hybridized carbons (Fsp3) is 0.455. The van der Waals surface area contributed by atoms with Crippen LogP contribution < -0.4 is 0 Å². The number of hydrogen-bond donors (Lipinski definition) is 1. The second-order valence-corrected chi connectivity index (χ2v) is 7.90. The van der Waals surface area contributed by atoms with Crippen LogP contribution in [0.15, 0.2) is 42.5 Å². The second-order valence-electron chi connectivity index (χ2n) is 7.46. The van der Waals surface area contributed by atoms with Gasteiger partial charge in [-0.25, -0.2) is 9.97 Å². The molecule has 2 heterocycles. The van der Waals surface area contributed by atoms with Crippen LogP contribution in [0.3, 0.4) is 0 Å². The van der Waals surface area contributed by atoms with Gasteiger partial charge in [-0.2, -0.15) is 0 Å². The molecule has 1 unspecified atom stereocenters. The summed E-state index contributed by atoms with van der Waals surface area (Å²) in [7, 11) is 2.17. The first kappa shape index (κ1) is 21.5. The molecule has 0 bridgehead atoms. The van der Waals surface area contributed by atoms with Gasteiger partial charge in [0.25, 0.3) is 0 Å². The van der Waals surface area contributed by atoms with Gasteiger partial charge >= 0.3 is 0 Å². The summed E-state index contributed by atoms with van der Waals surface area (Å²) in [5.41, 5.74) is 5.56. The zero-order chi connectivity index (χ0) is 20.0. The average Bonchev–Trinajstić information content (AvgIpc) is 2.67. The Kier molecular flexibility index (Phi) is 7.54. The predicted molar refractivity (Wildman–Crippen MR) is 113 cm³/mol. The van der Waals surface area contributed by atoms with Gasteiger partial charge in [0.05, 0.1) is 5.60 Å². The number of aryl methyl sites for hydroxylation is 1. The number of hydrogen-bond acceptors (Lipinski definition) is 4. The van der Waals surface area contributed by atoms with E-state index in [1.54, 1.807) is 19.3 Å². The third kappa shape index (κ3) is 5.86. The van der Waals surface area contributed by atoms with Gasteiger partial charge in [0.2, 0.25) is 0 Å². The molecule has 0 saturated carbocycles. The summed E-state index contributed by atoms with van der Waals surface area (Å²) in [5.74, 6) is 0. The first-order valence-electron chi connectivity index (χ1n) is 9.36. The molecular formula is C22H30ClN3O. The van der Waals surface area contributed by atoms with Crippen LogP contribution in [0.25, 0.3) is 5.57 Å². The van der Waals surface area contributed by atoms with E-state index in [-0.39, 0.29) is 0 Å². The molecule has 0 radical (unpaired) electrons. The van der Waals surface area contributed by atoms with Gasteiger partial charge < -0.3 is 10.0 Å². The van der Waals surface area contributed by atoms with E-state index in [2.05, 4.69) is 47.9 Å². The fourth-order valence-electron chi connectivity index (χ4n) is 3.01. The van der Waals surface area contributed by atoms with Gasteiger partial charge in [-0.3, -0.25) is 0 Å². The summed E-state index contributed by atoms with van der Waals surface area (Å²) in [5, 5.41) is 10.5. The first-order valence-corrected chi connectivity index (χ1v) is 9.74. The smallest absolute Gasteiger partial charge is 0.115 e. The number of nitrogens with zero attached hydrogens (tertiary/aromatic N) is 3. The van der Waals surface area contributed by atoms with E-state index >= 15 is 0 Å². The summed E-state index contributed by atoms with van der Waals surface area (Å²) in [6.45, 7) is 10.3. The topological polar surface area (TPSA) is 49.2 Å². The van der Waals surface area contributed by atoms with Crippen LogP contribution in [0.2, 0.25) is 5.02 Å². The van der Waals surface area contributed by atoms with E-state index in [0.29, 0.717) is 6.42 Å². The molecule has 4 nitrogen and oxygen atoms in total. The highest BCUT2D eigenvalue weighted by molar-refractivity contribution is 6.30. The van der Waals surface area contributed by atoms with Crippen LogP contribution in [0.4, 0.5) is 0 Å². The minimum Gasteiger partial charge on any atom is -0.385 e. The maximum absolute atomic E-state index is 9.71. The molecular weight excluding hydrogens is 358 g/mol. The van der Waals surface area contributed by atoms with Crippen molar-refractivity contribution in [3.63, 3.8) is 0 Å². The average molecular weight is 388 g/mol. The highest BCUT2D eigenvalue weighted by atomic mass is 35.5. The quantitative estimate of drug-likeness (QED) is 0.817. The van der Waals surface area contributed by atoms with Crippen molar-refractivity contribution in [3.05, 3.63) is 64.2 Å². The molecule has 1 atom stereocenters. The third-order valence-electron chi connectivity index (χ3n) is 5.21. The van der Waals surface area contributed by atoms with Crippen LogP contribution in [-0.4, -0.2) is 40.1 Å². The largest absolute Gasteiger partial charge is 0.385 e. The van der Waals surface area contributed by atoms with Crippen LogP contribution in [0.5, 0.6) is 0 Å². The van der Waals surface area contributed by atoms with Gasteiger partial charge in [-0.15, -0.1) is 0 Å². The highest BCUT2D eigenvalue weighted by Crippen LogP contribution is 2.29. The van der Waals surface area contributed by atoms with Crippen molar-refractivity contribution in [1.82, 2.24) is 14.9 Å². The van der Waals surface area contributed by atoms with Crippen molar-refractivity contribution < 1.29 is 5.11 Å². The Morgan fingerprint density at radius 3 is 2.52 bits per heavy atom. The normalized spacial score (nSPS) is 17.1. The molecule has 0 saturated heterocycles. The lowest BCUT2D eigenvalue weighted by atomic mass is 9.92. The maximum atomic E-state index is 9.71. The second kappa shape index (κ2) is 9.45. The van der Waals surface area contributed by atoms with E-state index in [9.17, 15) is 5.11 Å². The summed E-state index contributed by atoms with van der Waals surface area (Å²) in [4.78, 5) is 10.0. The number of aromatic nitrogens is 2. The molecule has 1 aliphatic heterocycles. The van der Waals surface area contributed by atoms with E-state index in [4.69, 9.17) is 11.6 Å². The number of halogens is 1. The first-order chi connectivity index (χ1) is 12.7. The van der Waals surface area contributed by atoms with Crippen LogP contribution >= 0.6 is 11.6 Å². The predicted octanol–water partition coefficient (Wildman–Crippen LogP) is 4.85. The summed E-state index contributed by atoms with van der Waals surface area (Å²) >= 11 is 6.08. The van der Waals surface area contributed by atoms with E-state index in [1.165, 1.54) is 28.6 Å². The van der Waals surface area contributed by atoms with E-state index in [0.717, 1.165) is 30.1 Å². The van der Waals surface area contributed by atoms with Crippen molar-refractivity contribution in [2.24, 2.45) is 0 Å². The molecule has 5 heteroatoms. The van der Waals surface area contributed by atoms with Crippen LogP contribution in [0.1, 0.15) is 50.3 Å². The van der Waals surface area contributed by atoms with Crippen molar-refractivity contribution in [3.8, 4) is 0 Å². The minimum atomic E-state index is -0.790. The van der Waals surface area contributed by atoms with Crippen molar-refractivity contribution >= 4 is 17.2 Å². The molecule has 2 aromatic rings. The molecule has 1 aliphatic rings. The van der Waals surface area contributed by atoms with Crippen molar-refractivity contribution in [2.75, 3.05) is 20.1 Å². The molecule has 0 aliphatic carbocycles. The zero-order valence-corrected chi connectivity index (χ0v) is 17.7. The minimum absolute atomic E-state index is 0.667. The maximum Gasteiger partial charge on any atom is 0.115 e. The number of aliphatic hydroxyl groups is 1. The summed E-state index contributed by atoms with van der Waals surface area (Å²) in [6, 6.07) is 6.16. The molecule has 146 valence electrons. The molecule has 1 aromatic heterocycles. The molecule has 0 spiro atoms. The Balaban J connectivity index is 0.000000208. The van der Waals surface area contributed by atoms with Crippen molar-refractivity contribution in [1.29, 1.82) is 0 Å². The van der Waals surface area contributed by atoms with Crippen LogP contribution in [-0.2, 0) is 5.60 Å². The molecule has 1 aromatic carbocycles. The molecule has 0 fully saturated rings. The molecule has 27 heavy (non-hydrogen) atoms. The van der Waals surface area contributed by atoms with Gasteiger partial charge in [0.1, 0.15) is 6.33 Å². The lowest BCUT2D eigenvalue weighted by Crippen LogP contribution is -2.27. The zero-order valence-electron chi connectivity index (χ0n) is 17.0. The van der Waals surface area contributed by atoms with Crippen molar-refractivity contribution in [2.45, 2.75) is 46.1 Å². The van der Waals surface area contributed by atoms with Gasteiger partial charge in [0, 0.05) is 36.1 Å². The van der Waals surface area contributed by atoms with Crippen LogP contribution in [0, 0.1) is 6.92 Å². The molecule has 1 N–H and O–H groups in total. The standard InChI is InChI=1S/C14H18ClN.C8H12N2O/c1-10-4-5-12(15)8-13(10)14-9-16(3)7-6-11(14)2;1-3-8(2,11)7-4-9-6-10-5-7/h4-5,8H,6-7,9H2,1-3H3;4-6,11H,3H2,1-2H3. The lowest BCUT2D eigenvalue weighted by molar-refractivity contribution is 0.0523. The highest BCUT2D eigenvalue weighted by Gasteiger charge is 2.20. The SMILES string of the molecule is CC1=C(c2cc(Cl)ccc2C)CN(C)CC1.CCC(C)(O)c1cncnc1. The van der Waals surface area contributed by atoms with Gasteiger partial charge in [-0.1, -0.05) is 30.2 Å². The Morgan fingerprint density at radius 1 is 1.22 bits per heavy atom. The Hall–Kier alpha value is -1.75. The van der Waals surface area contributed by atoms with E-state index in [1.807, 2.05) is 13.0 Å². The van der Waals surface area contributed by atoms with E-state index < -0.39 is 5.60 Å². The number of rotatable bonds is 3. The lowest BCUT2D eigenvalue weighted by Gasteiger charge is -2.27. The molecule has 3 rings (SSSR count). The Morgan fingerprint density at radius 2 is 1.89 bits per heavy atom. The third-order valence-corrected chi connectivity index (χ3v) is 5.44. The Labute approximate surface area is 167 Å². The van der Waals surface area contributed by atoms with Gasteiger partial charge in [-0.05, 0) is 69.5 Å². The summed E-state index contributed by atoms with van der Waals surface area (Å²) in [6.07, 6.45) is 6.56. The van der Waals surface area contributed by atoms with Gasteiger partial charge in [0.15, 0.2) is 0 Å².